The molecule has 6 unspecified atom stereocenters. The number of ether oxygens (including phenoxy) is 2. The molecule has 0 aromatic rings. The topological polar surface area (TPSA) is 79.3 Å². The van der Waals surface area contributed by atoms with Gasteiger partial charge in [-0.05, 0) is 26.3 Å². The molecule has 2 fully saturated rings. The molecule has 0 bridgehead atoms. The van der Waals surface area contributed by atoms with Gasteiger partial charge in [-0.1, -0.05) is 6.92 Å². The van der Waals surface area contributed by atoms with E-state index in [9.17, 15) is 15.0 Å². The van der Waals surface area contributed by atoms with Crippen molar-refractivity contribution < 1.29 is 24.5 Å². The van der Waals surface area contributed by atoms with Crippen molar-refractivity contribution in [1.29, 1.82) is 0 Å². The molecule has 5 heteroatoms. The standard InChI is InChI=1S/C15H18O5/c1-6-7-4-9-14(2,5-8(7)19-13(6)17)11(16)10-12(20-10)15(9,3)18/h5,9-12,16,18H,4H2,1-3H3. The second kappa shape index (κ2) is 3.35. The fourth-order valence-corrected chi connectivity index (χ4v) is 4.24. The highest BCUT2D eigenvalue weighted by atomic mass is 16.6. The summed E-state index contributed by atoms with van der Waals surface area (Å²) in [6, 6.07) is 0. The smallest absolute Gasteiger partial charge is 0.339 e. The molecule has 2 heterocycles. The maximum absolute atomic E-state index is 11.7. The average molecular weight is 278 g/mol. The Kier molecular flexibility index (Phi) is 2.10. The summed E-state index contributed by atoms with van der Waals surface area (Å²) in [5, 5.41) is 21.3. The molecule has 0 amide bonds. The molecule has 20 heavy (non-hydrogen) atoms. The third-order valence-corrected chi connectivity index (χ3v) is 5.62. The molecular formula is C15H18O5. The van der Waals surface area contributed by atoms with Crippen LogP contribution in [0.3, 0.4) is 0 Å². The van der Waals surface area contributed by atoms with Crippen molar-refractivity contribution in [3.05, 3.63) is 23.0 Å². The van der Waals surface area contributed by atoms with E-state index >= 15 is 0 Å². The molecule has 108 valence electrons. The van der Waals surface area contributed by atoms with Crippen molar-refractivity contribution in [3.8, 4) is 0 Å². The van der Waals surface area contributed by atoms with Gasteiger partial charge in [-0.3, -0.25) is 0 Å². The summed E-state index contributed by atoms with van der Waals surface area (Å²) < 4.78 is 10.8. The van der Waals surface area contributed by atoms with Crippen LogP contribution in [0.25, 0.3) is 0 Å². The monoisotopic (exact) mass is 278 g/mol. The van der Waals surface area contributed by atoms with Gasteiger partial charge in [-0.25, -0.2) is 4.79 Å². The minimum Gasteiger partial charge on any atom is -0.423 e. The number of allylic oxidation sites excluding steroid dienone is 1. The van der Waals surface area contributed by atoms with Gasteiger partial charge in [-0.2, -0.15) is 0 Å². The number of carbonyl (C=O) groups is 1. The first-order chi connectivity index (χ1) is 9.26. The molecule has 2 N–H and O–H groups in total. The van der Waals surface area contributed by atoms with Crippen LogP contribution in [0.2, 0.25) is 0 Å². The third kappa shape index (κ3) is 1.26. The molecule has 2 aliphatic carbocycles. The van der Waals surface area contributed by atoms with Gasteiger partial charge in [0.1, 0.15) is 18.0 Å². The van der Waals surface area contributed by atoms with Crippen LogP contribution in [-0.2, 0) is 14.3 Å². The Morgan fingerprint density at radius 1 is 1.40 bits per heavy atom. The second-order valence-corrected chi connectivity index (χ2v) is 6.82. The summed E-state index contributed by atoms with van der Waals surface area (Å²) in [5.74, 6) is 0.0150. The van der Waals surface area contributed by atoms with Gasteiger partial charge in [0, 0.05) is 22.5 Å². The first kappa shape index (κ1) is 12.6. The summed E-state index contributed by atoms with van der Waals surface area (Å²) in [7, 11) is 0. The Hall–Kier alpha value is -1.17. The summed E-state index contributed by atoms with van der Waals surface area (Å²) in [4.78, 5) is 11.7. The van der Waals surface area contributed by atoms with Gasteiger partial charge in [0.2, 0.25) is 0 Å². The Morgan fingerprint density at radius 2 is 2.10 bits per heavy atom. The molecule has 2 aliphatic heterocycles. The summed E-state index contributed by atoms with van der Waals surface area (Å²) in [6.45, 7) is 5.41. The van der Waals surface area contributed by atoms with Crippen LogP contribution in [0.1, 0.15) is 27.2 Å². The summed E-state index contributed by atoms with van der Waals surface area (Å²) in [6.07, 6.45) is 1.00. The highest BCUT2D eigenvalue weighted by molar-refractivity contribution is 5.94. The van der Waals surface area contributed by atoms with Crippen LogP contribution in [0.5, 0.6) is 0 Å². The summed E-state index contributed by atoms with van der Waals surface area (Å²) in [5.41, 5.74) is -0.212. The number of rotatable bonds is 0. The summed E-state index contributed by atoms with van der Waals surface area (Å²) >= 11 is 0. The minimum absolute atomic E-state index is 0.197. The third-order valence-electron chi connectivity index (χ3n) is 5.62. The quantitative estimate of drug-likeness (QED) is 0.503. The van der Waals surface area contributed by atoms with Gasteiger partial charge >= 0.3 is 5.97 Å². The Labute approximate surface area is 116 Å². The van der Waals surface area contributed by atoms with Gasteiger partial charge in [0.05, 0.1) is 11.7 Å². The van der Waals surface area contributed by atoms with Crippen LogP contribution >= 0.6 is 0 Å². The molecule has 0 radical (unpaired) electrons. The van der Waals surface area contributed by atoms with Crippen molar-refractivity contribution >= 4 is 5.97 Å². The van der Waals surface area contributed by atoms with Gasteiger partial charge in [0.15, 0.2) is 0 Å². The van der Waals surface area contributed by atoms with E-state index in [2.05, 4.69) is 0 Å². The van der Waals surface area contributed by atoms with Crippen LogP contribution in [0.4, 0.5) is 0 Å². The molecule has 1 saturated carbocycles. The second-order valence-electron chi connectivity index (χ2n) is 6.82. The lowest BCUT2D eigenvalue weighted by atomic mass is 9.55. The van der Waals surface area contributed by atoms with E-state index in [1.165, 1.54) is 0 Å². The SMILES string of the molecule is CC1=C2CC3C(C)(O)C4OC4C(O)C3(C)C=C2OC1=O. The van der Waals surface area contributed by atoms with Gasteiger partial charge in [0.25, 0.3) is 0 Å². The van der Waals surface area contributed by atoms with E-state index in [1.54, 1.807) is 13.8 Å². The Balaban J connectivity index is 1.87. The first-order valence-electron chi connectivity index (χ1n) is 6.98. The fourth-order valence-electron chi connectivity index (χ4n) is 4.24. The normalized spacial score (nSPS) is 52.9. The van der Waals surface area contributed by atoms with Crippen LogP contribution in [-0.4, -0.2) is 40.1 Å². The lowest BCUT2D eigenvalue weighted by Gasteiger charge is -2.50. The molecule has 0 aromatic carbocycles. The number of carbonyl (C=O) groups excluding carboxylic acids is 1. The van der Waals surface area contributed by atoms with Crippen LogP contribution in [0.15, 0.2) is 23.0 Å². The highest BCUT2D eigenvalue weighted by Gasteiger charge is 2.70. The molecule has 0 spiro atoms. The van der Waals surface area contributed by atoms with E-state index in [1.807, 2.05) is 13.0 Å². The zero-order valence-electron chi connectivity index (χ0n) is 11.7. The first-order valence-corrected chi connectivity index (χ1v) is 6.98. The zero-order valence-corrected chi connectivity index (χ0v) is 11.7. The largest absolute Gasteiger partial charge is 0.423 e. The van der Waals surface area contributed by atoms with Crippen LogP contribution in [0, 0.1) is 11.3 Å². The Morgan fingerprint density at radius 3 is 2.80 bits per heavy atom. The number of epoxide rings is 1. The van der Waals surface area contributed by atoms with E-state index < -0.39 is 17.1 Å². The number of aliphatic hydroxyl groups excluding tert-OH is 1. The number of aliphatic hydroxyl groups is 2. The maximum atomic E-state index is 11.7. The van der Waals surface area contributed by atoms with E-state index in [4.69, 9.17) is 9.47 Å². The van der Waals surface area contributed by atoms with Crippen molar-refractivity contribution in [1.82, 2.24) is 0 Å². The van der Waals surface area contributed by atoms with E-state index in [0.29, 0.717) is 17.8 Å². The maximum Gasteiger partial charge on any atom is 0.339 e. The predicted octanol–water partition coefficient (Wildman–Crippen LogP) is 0.663. The van der Waals surface area contributed by atoms with E-state index in [0.717, 1.165) is 5.57 Å². The highest BCUT2D eigenvalue weighted by Crippen LogP contribution is 2.60. The molecule has 0 aromatic heterocycles. The lowest BCUT2D eigenvalue weighted by molar-refractivity contribution is -0.134. The van der Waals surface area contributed by atoms with Crippen molar-refractivity contribution in [2.45, 2.75) is 51.1 Å². The zero-order chi connectivity index (χ0) is 14.4. The van der Waals surface area contributed by atoms with Gasteiger partial charge in [-0.15, -0.1) is 0 Å². The fraction of sp³-hybridized carbons (Fsp3) is 0.667. The molecule has 6 atom stereocenters. The number of hydrogen-bond acceptors (Lipinski definition) is 5. The molecule has 4 aliphatic rings. The number of fused-ring (bicyclic) bond motifs is 3. The average Bonchev–Trinajstić information content (AvgIpc) is 3.12. The molecule has 4 rings (SSSR count). The van der Waals surface area contributed by atoms with Crippen molar-refractivity contribution in [2.24, 2.45) is 11.3 Å². The van der Waals surface area contributed by atoms with E-state index in [-0.39, 0.29) is 24.1 Å². The van der Waals surface area contributed by atoms with Crippen molar-refractivity contribution in [3.63, 3.8) is 0 Å². The molecule has 5 nitrogen and oxygen atoms in total. The number of esters is 1. The predicted molar refractivity (Wildman–Crippen MR) is 68.4 cm³/mol. The minimum atomic E-state index is -1.01. The van der Waals surface area contributed by atoms with Gasteiger partial charge < -0.3 is 19.7 Å². The van der Waals surface area contributed by atoms with Crippen LogP contribution < -0.4 is 0 Å². The number of hydrogen-bond donors (Lipinski definition) is 2. The molecule has 1 saturated heterocycles. The van der Waals surface area contributed by atoms with Crippen molar-refractivity contribution in [2.75, 3.05) is 0 Å². The lowest BCUT2D eigenvalue weighted by Crippen LogP contribution is -2.60. The Bertz CT molecular complexity index is 587. The molecular weight excluding hydrogens is 260 g/mol.